The molecule has 2 saturated carbocycles. The fraction of sp³-hybridized carbons (Fsp3) is 0.500. The lowest BCUT2D eigenvalue weighted by Crippen LogP contribution is -2.28. The number of carbonyl (C=O) groups excluding carboxylic acids is 2. The minimum atomic E-state index is -0.675. The van der Waals surface area contributed by atoms with Gasteiger partial charge in [0.2, 0.25) is 5.95 Å². The minimum Gasteiger partial charge on any atom is -0.379 e. The van der Waals surface area contributed by atoms with E-state index in [9.17, 15) is 14.0 Å². The van der Waals surface area contributed by atoms with E-state index in [4.69, 9.17) is 5.73 Å². The first kappa shape index (κ1) is 25.1. The number of nitrogens with two attached hydrogens (primary N) is 1. The van der Waals surface area contributed by atoms with Crippen LogP contribution in [-0.4, -0.2) is 49.9 Å². The van der Waals surface area contributed by atoms with Crippen LogP contribution < -0.4 is 21.7 Å². The van der Waals surface area contributed by atoms with E-state index in [1.165, 1.54) is 23.0 Å². The molecule has 0 atom stereocenters. The van der Waals surface area contributed by atoms with E-state index in [1.54, 1.807) is 0 Å². The first-order valence-corrected chi connectivity index (χ1v) is 13.0. The molecule has 3 aromatic heterocycles. The third kappa shape index (κ3) is 6.40. The van der Waals surface area contributed by atoms with Crippen LogP contribution in [0.4, 0.5) is 21.6 Å². The van der Waals surface area contributed by atoms with Crippen molar-refractivity contribution in [3.63, 3.8) is 0 Å². The highest BCUT2D eigenvalue weighted by Crippen LogP contribution is 2.32. The van der Waals surface area contributed by atoms with E-state index in [0.29, 0.717) is 54.3 Å². The molecule has 196 valence electrons. The van der Waals surface area contributed by atoms with Crippen LogP contribution in [0.3, 0.4) is 0 Å². The summed E-state index contributed by atoms with van der Waals surface area (Å²) < 4.78 is 15.0. The predicted molar refractivity (Wildman–Crippen MR) is 139 cm³/mol. The van der Waals surface area contributed by atoms with Gasteiger partial charge in [-0.15, -0.1) is 5.10 Å². The van der Waals surface area contributed by atoms with Crippen molar-refractivity contribution in [2.45, 2.75) is 69.9 Å². The summed E-state index contributed by atoms with van der Waals surface area (Å²) >= 11 is 0. The lowest BCUT2D eigenvalue weighted by Gasteiger charge is -2.29. The normalized spacial score (nSPS) is 19.5. The molecule has 0 radical (unpaired) electrons. The molecule has 0 aliphatic heterocycles. The monoisotopic (exact) mass is 508 g/mol. The molecule has 1 amide bonds. The van der Waals surface area contributed by atoms with Gasteiger partial charge in [-0.1, -0.05) is 0 Å². The summed E-state index contributed by atoms with van der Waals surface area (Å²) in [6.45, 7) is 0.555. The molecule has 0 aromatic carbocycles. The van der Waals surface area contributed by atoms with Gasteiger partial charge in [0.15, 0.2) is 11.3 Å². The van der Waals surface area contributed by atoms with Crippen molar-refractivity contribution in [2.75, 3.05) is 22.5 Å². The number of hydrogen-bond donors (Lipinski definition) is 4. The molecular weight excluding hydrogens is 475 g/mol. The average Bonchev–Trinajstić information content (AvgIpc) is 3.59. The topological polar surface area (TPSA) is 139 Å². The van der Waals surface area contributed by atoms with Crippen LogP contribution in [0.25, 0.3) is 5.65 Å². The first-order valence-electron chi connectivity index (χ1n) is 13.0. The Balaban J connectivity index is 1.30. The lowest BCUT2D eigenvalue weighted by atomic mass is 9.82. The Morgan fingerprint density at radius 3 is 2.54 bits per heavy atom. The van der Waals surface area contributed by atoms with Crippen LogP contribution in [-0.2, 0) is 4.79 Å². The van der Waals surface area contributed by atoms with Crippen molar-refractivity contribution in [3.8, 4) is 0 Å². The Kier molecular flexibility index (Phi) is 7.59. The molecule has 37 heavy (non-hydrogen) atoms. The highest BCUT2D eigenvalue weighted by atomic mass is 19.1. The number of fused-ring (bicyclic) bond motifs is 1. The second kappa shape index (κ2) is 11.2. The molecule has 3 heterocycles. The maximum Gasteiger partial charge on any atom is 0.276 e. The first-order chi connectivity index (χ1) is 18.0. The van der Waals surface area contributed by atoms with Crippen molar-refractivity contribution < 1.29 is 14.0 Å². The summed E-state index contributed by atoms with van der Waals surface area (Å²) in [5.41, 5.74) is 7.44. The largest absolute Gasteiger partial charge is 0.379 e. The van der Waals surface area contributed by atoms with Gasteiger partial charge in [-0.3, -0.25) is 9.59 Å². The standard InChI is InChI=1S/C26H33FN8O2/c27-23-13-19(9-11-29-23)33-26(37)22-15-30-25-21(31-17-7-8-17)14-24(34-35(22)25)32-18-5-3-16(4-6-18)12-20(36)2-1-10-28/h9,11,13-18,31H,1-8,10,12,28H2,(H,32,34)(H,29,33,37). The van der Waals surface area contributed by atoms with Crippen LogP contribution in [0.15, 0.2) is 30.6 Å². The molecule has 10 nitrogen and oxygen atoms in total. The number of Topliss-reactive ketones (excluding diaryl/α,β-unsaturated/α-hetero) is 1. The van der Waals surface area contributed by atoms with Gasteiger partial charge in [-0.25, -0.2) is 14.5 Å². The fourth-order valence-corrected chi connectivity index (χ4v) is 4.87. The number of halogens is 1. The Morgan fingerprint density at radius 2 is 1.81 bits per heavy atom. The second-order valence-electron chi connectivity index (χ2n) is 10.1. The van der Waals surface area contributed by atoms with Crippen molar-refractivity contribution in [1.82, 2.24) is 19.6 Å². The number of nitrogens with zero attached hydrogens (tertiary/aromatic N) is 4. The van der Waals surface area contributed by atoms with Gasteiger partial charge in [0.05, 0.1) is 11.9 Å². The van der Waals surface area contributed by atoms with Gasteiger partial charge in [-0.2, -0.15) is 4.39 Å². The van der Waals surface area contributed by atoms with Gasteiger partial charge in [0, 0.05) is 48.9 Å². The summed E-state index contributed by atoms with van der Waals surface area (Å²) in [5, 5.41) is 14.4. The highest BCUT2D eigenvalue weighted by molar-refractivity contribution is 6.03. The summed E-state index contributed by atoms with van der Waals surface area (Å²) in [6, 6.07) is 5.24. The number of carbonyl (C=O) groups is 2. The number of pyridine rings is 1. The third-order valence-corrected chi connectivity index (χ3v) is 7.00. The summed E-state index contributed by atoms with van der Waals surface area (Å²) in [6.07, 6.45) is 10.8. The Hall–Kier alpha value is -3.60. The molecule has 0 saturated heterocycles. The van der Waals surface area contributed by atoms with Crippen LogP contribution in [0.5, 0.6) is 0 Å². The molecule has 5 N–H and O–H groups in total. The quantitative estimate of drug-likeness (QED) is 0.287. The number of nitrogens with one attached hydrogen (secondary N) is 3. The number of hydrogen-bond acceptors (Lipinski definition) is 8. The van der Waals surface area contributed by atoms with E-state index < -0.39 is 11.9 Å². The van der Waals surface area contributed by atoms with Crippen molar-refractivity contribution in [1.29, 1.82) is 0 Å². The number of anilines is 3. The van der Waals surface area contributed by atoms with Crippen LogP contribution in [0.2, 0.25) is 0 Å². The number of imidazole rings is 1. The smallest absolute Gasteiger partial charge is 0.276 e. The molecule has 0 unspecified atom stereocenters. The molecule has 0 spiro atoms. The number of ketones is 1. The Labute approximate surface area is 214 Å². The molecule has 2 fully saturated rings. The zero-order valence-electron chi connectivity index (χ0n) is 20.8. The maximum absolute atomic E-state index is 13.5. The van der Waals surface area contributed by atoms with Gasteiger partial charge in [-0.05, 0) is 63.5 Å². The molecule has 2 aliphatic carbocycles. The summed E-state index contributed by atoms with van der Waals surface area (Å²) in [5.74, 6) is 0.268. The van der Waals surface area contributed by atoms with Crippen LogP contribution in [0, 0.1) is 11.9 Å². The van der Waals surface area contributed by atoms with E-state index in [0.717, 1.165) is 56.7 Å². The number of rotatable bonds is 11. The predicted octanol–water partition coefficient (Wildman–Crippen LogP) is 3.76. The zero-order chi connectivity index (χ0) is 25.8. The van der Waals surface area contributed by atoms with Gasteiger partial charge < -0.3 is 21.7 Å². The molecule has 2 aliphatic rings. The van der Waals surface area contributed by atoms with Gasteiger partial charge in [0.1, 0.15) is 11.6 Å². The van der Waals surface area contributed by atoms with Crippen molar-refractivity contribution in [2.24, 2.45) is 11.7 Å². The summed E-state index contributed by atoms with van der Waals surface area (Å²) in [4.78, 5) is 33.1. The van der Waals surface area contributed by atoms with E-state index in [-0.39, 0.29) is 11.7 Å². The minimum absolute atomic E-state index is 0.231. The van der Waals surface area contributed by atoms with Gasteiger partial charge >= 0.3 is 0 Å². The molecule has 3 aromatic rings. The molecule has 5 rings (SSSR count). The molecular formula is C26H33FN8O2. The fourth-order valence-electron chi connectivity index (χ4n) is 4.87. The van der Waals surface area contributed by atoms with E-state index in [1.807, 2.05) is 6.07 Å². The van der Waals surface area contributed by atoms with E-state index >= 15 is 0 Å². The Bertz CT molecular complexity index is 1270. The zero-order valence-corrected chi connectivity index (χ0v) is 20.8. The molecule has 0 bridgehead atoms. The SMILES string of the molecule is NCCCC(=O)CC1CCC(Nc2cc(NC3CC3)c3ncc(C(=O)Nc4ccnc(F)c4)n3n2)CC1. The lowest BCUT2D eigenvalue weighted by molar-refractivity contribution is -0.120. The van der Waals surface area contributed by atoms with E-state index in [2.05, 4.69) is 31.0 Å². The van der Waals surface area contributed by atoms with Gasteiger partial charge in [0.25, 0.3) is 5.91 Å². The van der Waals surface area contributed by atoms with Crippen LogP contribution in [0.1, 0.15) is 68.3 Å². The second-order valence-corrected chi connectivity index (χ2v) is 10.1. The highest BCUT2D eigenvalue weighted by Gasteiger charge is 2.26. The number of aromatic nitrogens is 4. The maximum atomic E-state index is 13.5. The Morgan fingerprint density at radius 1 is 1.05 bits per heavy atom. The van der Waals surface area contributed by atoms with Crippen LogP contribution >= 0.6 is 0 Å². The summed E-state index contributed by atoms with van der Waals surface area (Å²) in [7, 11) is 0. The number of amides is 1. The average molecular weight is 509 g/mol. The third-order valence-electron chi connectivity index (χ3n) is 7.00. The van der Waals surface area contributed by atoms with Crippen molar-refractivity contribution in [3.05, 3.63) is 42.2 Å². The van der Waals surface area contributed by atoms with Crippen molar-refractivity contribution >= 4 is 34.5 Å². The molecule has 11 heteroatoms.